The second-order valence-corrected chi connectivity index (χ2v) is 7.32. The molecule has 0 saturated carbocycles. The molecule has 4 aromatic carbocycles. The minimum Gasteiger partial charge on any atom is -0.493 e. The normalized spacial score (nSPS) is 10.9. The number of ether oxygens (including phenoxy) is 2. The van der Waals surface area contributed by atoms with Crippen LogP contribution in [0.25, 0.3) is 16.8 Å². The van der Waals surface area contributed by atoms with Crippen molar-refractivity contribution in [2.24, 2.45) is 0 Å². The van der Waals surface area contributed by atoms with Crippen LogP contribution in [0.2, 0.25) is 0 Å². The van der Waals surface area contributed by atoms with E-state index in [-0.39, 0.29) is 11.3 Å². The highest BCUT2D eigenvalue weighted by Gasteiger charge is 2.15. The lowest BCUT2D eigenvalue weighted by Crippen LogP contribution is -2.13. The summed E-state index contributed by atoms with van der Waals surface area (Å²) in [4.78, 5) is 25.2. The molecule has 4 rings (SSSR count). The monoisotopic (exact) mass is 448 g/mol. The average molecular weight is 448 g/mol. The number of carbonyl (C=O) groups is 2. The molecular weight excluding hydrogens is 428 g/mol. The molecule has 1 amide bonds. The van der Waals surface area contributed by atoms with Crippen molar-refractivity contribution >= 4 is 34.4 Å². The van der Waals surface area contributed by atoms with E-state index < -0.39 is 11.9 Å². The molecule has 0 spiro atoms. The van der Waals surface area contributed by atoms with Gasteiger partial charge in [-0.25, -0.2) is 4.79 Å². The van der Waals surface area contributed by atoms with E-state index in [0.29, 0.717) is 22.6 Å². The number of nitriles is 1. The quantitative estimate of drug-likeness (QED) is 0.179. The smallest absolute Gasteiger partial charge is 0.343 e. The van der Waals surface area contributed by atoms with Crippen LogP contribution in [0.1, 0.15) is 15.9 Å². The van der Waals surface area contributed by atoms with Gasteiger partial charge in [-0.1, -0.05) is 60.7 Å². The molecule has 166 valence electrons. The van der Waals surface area contributed by atoms with Crippen LogP contribution in [0.4, 0.5) is 5.69 Å². The Morgan fingerprint density at radius 2 is 1.62 bits per heavy atom. The third kappa shape index (κ3) is 4.95. The number of esters is 1. The zero-order chi connectivity index (χ0) is 23.9. The summed E-state index contributed by atoms with van der Waals surface area (Å²) in [5.41, 5.74) is 1.49. The van der Waals surface area contributed by atoms with E-state index in [1.807, 2.05) is 48.5 Å². The SMILES string of the molecule is COc1cc(/C=C(\C#N)C(=O)Nc2cccc3ccccc23)ccc1OC(=O)c1ccccc1. The van der Waals surface area contributed by atoms with E-state index in [9.17, 15) is 14.9 Å². The van der Waals surface area contributed by atoms with Gasteiger partial charge in [-0.2, -0.15) is 5.26 Å². The van der Waals surface area contributed by atoms with Crippen LogP contribution >= 0.6 is 0 Å². The molecule has 0 aromatic heterocycles. The van der Waals surface area contributed by atoms with Crippen molar-refractivity contribution in [3.63, 3.8) is 0 Å². The van der Waals surface area contributed by atoms with Crippen LogP contribution in [0.15, 0.2) is 96.6 Å². The Bertz CT molecular complexity index is 1430. The highest BCUT2D eigenvalue weighted by atomic mass is 16.6. The Morgan fingerprint density at radius 3 is 2.38 bits per heavy atom. The van der Waals surface area contributed by atoms with Gasteiger partial charge in [-0.3, -0.25) is 4.79 Å². The molecule has 0 radical (unpaired) electrons. The number of anilines is 1. The predicted octanol–water partition coefficient (Wildman–Crippen LogP) is 5.61. The molecule has 0 aliphatic carbocycles. The number of nitrogens with zero attached hydrogens (tertiary/aromatic N) is 1. The fourth-order valence-electron chi connectivity index (χ4n) is 3.43. The first-order valence-corrected chi connectivity index (χ1v) is 10.4. The van der Waals surface area contributed by atoms with Gasteiger partial charge >= 0.3 is 5.97 Å². The minimum absolute atomic E-state index is 0.0796. The Kier molecular flexibility index (Phi) is 6.66. The zero-order valence-corrected chi connectivity index (χ0v) is 18.3. The minimum atomic E-state index is -0.530. The number of amides is 1. The summed E-state index contributed by atoms with van der Waals surface area (Å²) < 4.78 is 10.8. The summed E-state index contributed by atoms with van der Waals surface area (Å²) >= 11 is 0. The fourth-order valence-corrected chi connectivity index (χ4v) is 3.43. The van der Waals surface area contributed by atoms with E-state index in [0.717, 1.165) is 10.8 Å². The van der Waals surface area contributed by atoms with Crippen molar-refractivity contribution in [2.45, 2.75) is 0 Å². The molecule has 0 fully saturated rings. The van der Waals surface area contributed by atoms with Crippen molar-refractivity contribution < 1.29 is 19.1 Å². The summed E-state index contributed by atoms with van der Waals surface area (Å²) in [7, 11) is 1.45. The Balaban J connectivity index is 1.56. The van der Waals surface area contributed by atoms with E-state index in [4.69, 9.17) is 9.47 Å². The van der Waals surface area contributed by atoms with Gasteiger partial charge in [-0.05, 0) is 47.4 Å². The first kappa shape index (κ1) is 22.3. The van der Waals surface area contributed by atoms with Gasteiger partial charge in [0.15, 0.2) is 11.5 Å². The van der Waals surface area contributed by atoms with Crippen molar-refractivity contribution in [3.8, 4) is 17.6 Å². The van der Waals surface area contributed by atoms with Crippen molar-refractivity contribution in [3.05, 3.63) is 108 Å². The van der Waals surface area contributed by atoms with Crippen LogP contribution in [0, 0.1) is 11.3 Å². The molecule has 6 heteroatoms. The van der Waals surface area contributed by atoms with Crippen molar-refractivity contribution in [2.75, 3.05) is 12.4 Å². The molecule has 0 aliphatic heterocycles. The van der Waals surface area contributed by atoms with Gasteiger partial charge in [0, 0.05) is 11.1 Å². The van der Waals surface area contributed by atoms with Crippen molar-refractivity contribution in [1.29, 1.82) is 5.26 Å². The maximum atomic E-state index is 12.8. The van der Waals surface area contributed by atoms with Crippen LogP contribution in [-0.4, -0.2) is 19.0 Å². The molecule has 0 unspecified atom stereocenters. The number of hydrogen-bond acceptors (Lipinski definition) is 5. The number of carbonyl (C=O) groups excluding carboxylic acids is 2. The van der Waals surface area contributed by atoms with Gasteiger partial charge in [0.25, 0.3) is 5.91 Å². The van der Waals surface area contributed by atoms with Crippen LogP contribution in [0.3, 0.4) is 0 Å². The number of fused-ring (bicyclic) bond motifs is 1. The number of rotatable bonds is 6. The molecule has 1 N–H and O–H groups in total. The lowest BCUT2D eigenvalue weighted by Gasteiger charge is -2.11. The molecule has 34 heavy (non-hydrogen) atoms. The van der Waals surface area contributed by atoms with E-state index in [1.54, 1.807) is 48.5 Å². The maximum Gasteiger partial charge on any atom is 0.343 e. The molecule has 0 heterocycles. The standard InChI is InChI=1S/C28H20N2O4/c1-33-26-17-19(14-15-25(26)34-28(32)21-9-3-2-4-10-21)16-22(18-29)27(31)30-24-13-7-11-20-8-5-6-12-23(20)24/h2-17H,1H3,(H,30,31)/b22-16+. The molecule has 6 nitrogen and oxygen atoms in total. The summed E-state index contributed by atoms with van der Waals surface area (Å²) in [5, 5.41) is 14.3. The number of benzene rings is 4. The van der Waals surface area contributed by atoms with E-state index in [1.165, 1.54) is 13.2 Å². The highest BCUT2D eigenvalue weighted by molar-refractivity contribution is 6.13. The summed E-state index contributed by atoms with van der Waals surface area (Å²) in [6, 6.07) is 28.6. The molecule has 0 atom stereocenters. The second kappa shape index (κ2) is 10.2. The van der Waals surface area contributed by atoms with Gasteiger partial charge in [-0.15, -0.1) is 0 Å². The molecule has 4 aromatic rings. The third-order valence-electron chi connectivity index (χ3n) is 5.11. The number of methoxy groups -OCH3 is 1. The van der Waals surface area contributed by atoms with Crippen LogP contribution in [0.5, 0.6) is 11.5 Å². The van der Waals surface area contributed by atoms with Crippen molar-refractivity contribution in [1.82, 2.24) is 0 Å². The summed E-state index contributed by atoms with van der Waals surface area (Å²) in [5.74, 6) is -0.524. The van der Waals surface area contributed by atoms with E-state index in [2.05, 4.69) is 5.32 Å². The molecular formula is C28H20N2O4. The largest absolute Gasteiger partial charge is 0.493 e. The molecule has 0 aliphatic rings. The summed E-state index contributed by atoms with van der Waals surface area (Å²) in [6.45, 7) is 0. The van der Waals surface area contributed by atoms with E-state index >= 15 is 0 Å². The highest BCUT2D eigenvalue weighted by Crippen LogP contribution is 2.30. The Morgan fingerprint density at radius 1 is 0.882 bits per heavy atom. The number of hydrogen-bond donors (Lipinski definition) is 1. The second-order valence-electron chi connectivity index (χ2n) is 7.32. The topological polar surface area (TPSA) is 88.4 Å². The lowest BCUT2D eigenvalue weighted by atomic mass is 10.1. The van der Waals surface area contributed by atoms with Gasteiger partial charge in [0.05, 0.1) is 12.7 Å². The maximum absolute atomic E-state index is 12.8. The summed E-state index contributed by atoms with van der Waals surface area (Å²) in [6.07, 6.45) is 1.45. The van der Waals surface area contributed by atoms with Gasteiger partial charge < -0.3 is 14.8 Å². The van der Waals surface area contributed by atoms with Gasteiger partial charge in [0.2, 0.25) is 0 Å². The van der Waals surface area contributed by atoms with Gasteiger partial charge in [0.1, 0.15) is 11.6 Å². The first-order valence-electron chi connectivity index (χ1n) is 10.4. The average Bonchev–Trinajstić information content (AvgIpc) is 2.88. The Labute approximate surface area is 196 Å². The van der Waals surface area contributed by atoms with Crippen LogP contribution < -0.4 is 14.8 Å². The molecule has 0 bridgehead atoms. The zero-order valence-electron chi connectivity index (χ0n) is 18.3. The first-order chi connectivity index (χ1) is 16.6. The molecule has 0 saturated heterocycles. The van der Waals surface area contributed by atoms with Crippen LogP contribution in [-0.2, 0) is 4.79 Å². The fraction of sp³-hybridized carbons (Fsp3) is 0.0357. The Hall–Kier alpha value is -4.89. The lowest BCUT2D eigenvalue weighted by molar-refractivity contribution is -0.112. The predicted molar refractivity (Wildman–Crippen MR) is 131 cm³/mol. The third-order valence-corrected chi connectivity index (χ3v) is 5.11. The number of nitrogens with one attached hydrogen (secondary N) is 1.